The number of carbonyl (C=O) groups is 1. The summed E-state index contributed by atoms with van der Waals surface area (Å²) in [4.78, 5) is 21.2. The number of hydrogen-bond donors (Lipinski definition) is 0. The standard InChI is InChI=1S/C10H9NO6/c1-15-10(12)9-5-16-8-4-6(11(13)14)2-3-7(8)17-9/h2-4,9H,5H2,1H3. The van der Waals surface area contributed by atoms with Crippen LogP contribution in [0.2, 0.25) is 0 Å². The highest BCUT2D eigenvalue weighted by Gasteiger charge is 2.29. The van der Waals surface area contributed by atoms with Crippen LogP contribution >= 0.6 is 0 Å². The van der Waals surface area contributed by atoms with Gasteiger partial charge in [-0.25, -0.2) is 4.79 Å². The molecule has 0 spiro atoms. The Morgan fingerprint density at radius 3 is 2.94 bits per heavy atom. The minimum absolute atomic E-state index is 0.0269. The lowest BCUT2D eigenvalue weighted by Gasteiger charge is -2.24. The third-order valence-electron chi connectivity index (χ3n) is 2.26. The number of non-ortho nitro benzene ring substituents is 1. The summed E-state index contributed by atoms with van der Waals surface area (Å²) in [5.74, 6) is -0.00870. The van der Waals surface area contributed by atoms with E-state index in [4.69, 9.17) is 9.47 Å². The van der Waals surface area contributed by atoms with Crippen molar-refractivity contribution in [2.45, 2.75) is 6.10 Å². The number of rotatable bonds is 2. The molecular weight excluding hydrogens is 230 g/mol. The minimum atomic E-state index is -0.839. The van der Waals surface area contributed by atoms with Crippen molar-refractivity contribution in [1.29, 1.82) is 0 Å². The Labute approximate surface area is 96.0 Å². The van der Waals surface area contributed by atoms with E-state index in [1.807, 2.05) is 0 Å². The molecular formula is C10H9NO6. The highest BCUT2D eigenvalue weighted by Crippen LogP contribution is 2.34. The molecule has 90 valence electrons. The zero-order valence-electron chi connectivity index (χ0n) is 8.91. The van der Waals surface area contributed by atoms with Crippen LogP contribution in [-0.4, -0.2) is 30.7 Å². The van der Waals surface area contributed by atoms with Crippen LogP contribution in [0, 0.1) is 10.1 Å². The first-order chi connectivity index (χ1) is 8.11. The Balaban J connectivity index is 2.23. The molecule has 7 heteroatoms. The number of methoxy groups -OCH3 is 1. The second-order valence-corrected chi connectivity index (χ2v) is 3.33. The molecule has 1 heterocycles. The van der Waals surface area contributed by atoms with Crippen LogP contribution < -0.4 is 9.47 Å². The van der Waals surface area contributed by atoms with Crippen LogP contribution in [0.15, 0.2) is 18.2 Å². The first kappa shape index (κ1) is 11.2. The third kappa shape index (κ3) is 2.12. The lowest BCUT2D eigenvalue weighted by molar-refractivity contribution is -0.385. The van der Waals surface area contributed by atoms with Gasteiger partial charge < -0.3 is 14.2 Å². The molecule has 1 aliphatic heterocycles. The van der Waals surface area contributed by atoms with E-state index < -0.39 is 17.0 Å². The van der Waals surface area contributed by atoms with E-state index >= 15 is 0 Å². The Bertz CT molecular complexity index is 472. The van der Waals surface area contributed by atoms with Crippen LogP contribution in [0.3, 0.4) is 0 Å². The lowest BCUT2D eigenvalue weighted by Crippen LogP contribution is -2.37. The maximum Gasteiger partial charge on any atom is 0.350 e. The Morgan fingerprint density at radius 1 is 1.53 bits per heavy atom. The fourth-order valence-electron chi connectivity index (χ4n) is 1.42. The Kier molecular flexibility index (Phi) is 2.82. The molecule has 0 aromatic heterocycles. The summed E-state index contributed by atoms with van der Waals surface area (Å²) < 4.78 is 15.0. The largest absolute Gasteiger partial charge is 0.485 e. The van der Waals surface area contributed by atoms with E-state index in [9.17, 15) is 14.9 Å². The van der Waals surface area contributed by atoms with Gasteiger partial charge >= 0.3 is 5.97 Å². The number of nitro groups is 1. The third-order valence-corrected chi connectivity index (χ3v) is 2.26. The van der Waals surface area contributed by atoms with Crippen molar-refractivity contribution in [2.24, 2.45) is 0 Å². The minimum Gasteiger partial charge on any atom is -0.485 e. The topological polar surface area (TPSA) is 87.9 Å². The molecule has 0 bridgehead atoms. The number of hydrogen-bond acceptors (Lipinski definition) is 6. The van der Waals surface area contributed by atoms with Gasteiger partial charge in [-0.2, -0.15) is 0 Å². The van der Waals surface area contributed by atoms with Gasteiger partial charge in [-0.15, -0.1) is 0 Å². The molecule has 1 aliphatic rings. The highest BCUT2D eigenvalue weighted by molar-refractivity contribution is 5.75. The maximum absolute atomic E-state index is 11.2. The first-order valence-corrected chi connectivity index (χ1v) is 4.77. The molecule has 0 fully saturated rings. The number of ether oxygens (including phenoxy) is 3. The van der Waals surface area contributed by atoms with Crippen molar-refractivity contribution in [3.05, 3.63) is 28.3 Å². The van der Waals surface area contributed by atoms with Crippen molar-refractivity contribution in [3.63, 3.8) is 0 Å². The van der Waals surface area contributed by atoms with E-state index in [1.165, 1.54) is 25.3 Å². The summed E-state index contributed by atoms with van der Waals surface area (Å²) in [5.41, 5.74) is -0.0936. The molecule has 1 aromatic carbocycles. The predicted molar refractivity (Wildman–Crippen MR) is 55.0 cm³/mol. The Morgan fingerprint density at radius 2 is 2.29 bits per heavy atom. The molecule has 1 atom stereocenters. The van der Waals surface area contributed by atoms with Crippen molar-refractivity contribution >= 4 is 11.7 Å². The summed E-state index contributed by atoms with van der Waals surface area (Å²) in [6.07, 6.45) is -0.839. The van der Waals surface area contributed by atoms with E-state index in [1.54, 1.807) is 0 Å². The average molecular weight is 239 g/mol. The monoisotopic (exact) mass is 239 g/mol. The maximum atomic E-state index is 11.2. The summed E-state index contributed by atoms with van der Waals surface area (Å²) >= 11 is 0. The molecule has 7 nitrogen and oxygen atoms in total. The van der Waals surface area contributed by atoms with E-state index in [2.05, 4.69) is 4.74 Å². The van der Waals surface area contributed by atoms with Gasteiger partial charge in [-0.05, 0) is 6.07 Å². The first-order valence-electron chi connectivity index (χ1n) is 4.77. The number of esters is 1. The number of nitro benzene ring substituents is 1. The van der Waals surface area contributed by atoms with Crippen LogP contribution in [0.25, 0.3) is 0 Å². The van der Waals surface area contributed by atoms with Gasteiger partial charge in [0.05, 0.1) is 18.1 Å². The highest BCUT2D eigenvalue weighted by atomic mass is 16.6. The number of carbonyl (C=O) groups excluding carboxylic acids is 1. The second kappa shape index (κ2) is 4.28. The van der Waals surface area contributed by atoms with Crippen LogP contribution in [0.4, 0.5) is 5.69 Å². The molecule has 2 rings (SSSR count). The number of nitrogens with zero attached hydrogens (tertiary/aromatic N) is 1. The average Bonchev–Trinajstić information content (AvgIpc) is 2.36. The summed E-state index contributed by atoms with van der Waals surface area (Å²) in [5, 5.41) is 10.5. The van der Waals surface area contributed by atoms with E-state index in [-0.39, 0.29) is 23.8 Å². The summed E-state index contributed by atoms with van der Waals surface area (Å²) in [6.45, 7) is -0.0269. The van der Waals surface area contributed by atoms with Crippen LogP contribution in [0.1, 0.15) is 0 Å². The summed E-state index contributed by atoms with van der Waals surface area (Å²) in [6, 6.07) is 3.92. The van der Waals surface area contributed by atoms with Gasteiger partial charge in [0.1, 0.15) is 6.61 Å². The predicted octanol–water partition coefficient (Wildman–Crippen LogP) is 0.908. The smallest absolute Gasteiger partial charge is 0.350 e. The molecule has 1 unspecified atom stereocenters. The van der Waals surface area contributed by atoms with Gasteiger partial charge in [-0.3, -0.25) is 10.1 Å². The zero-order chi connectivity index (χ0) is 12.4. The molecule has 0 amide bonds. The zero-order valence-corrected chi connectivity index (χ0v) is 8.91. The molecule has 1 aromatic rings. The fourth-order valence-corrected chi connectivity index (χ4v) is 1.42. The van der Waals surface area contributed by atoms with Crippen molar-refractivity contribution in [3.8, 4) is 11.5 Å². The normalized spacial score (nSPS) is 17.4. The second-order valence-electron chi connectivity index (χ2n) is 3.33. The van der Waals surface area contributed by atoms with Crippen LogP contribution in [-0.2, 0) is 9.53 Å². The van der Waals surface area contributed by atoms with Crippen molar-refractivity contribution in [2.75, 3.05) is 13.7 Å². The van der Waals surface area contributed by atoms with Gasteiger partial charge in [0.15, 0.2) is 11.5 Å². The molecule has 0 radical (unpaired) electrons. The molecule has 0 saturated heterocycles. The Hall–Kier alpha value is -2.31. The van der Waals surface area contributed by atoms with Gasteiger partial charge in [0.2, 0.25) is 6.10 Å². The van der Waals surface area contributed by atoms with Gasteiger partial charge in [-0.1, -0.05) is 0 Å². The van der Waals surface area contributed by atoms with Gasteiger partial charge in [0.25, 0.3) is 5.69 Å². The quantitative estimate of drug-likeness (QED) is 0.433. The lowest BCUT2D eigenvalue weighted by atomic mass is 10.2. The summed E-state index contributed by atoms with van der Waals surface area (Å²) in [7, 11) is 1.25. The fraction of sp³-hybridized carbons (Fsp3) is 0.300. The van der Waals surface area contributed by atoms with E-state index in [0.29, 0.717) is 0 Å². The van der Waals surface area contributed by atoms with E-state index in [0.717, 1.165) is 0 Å². The number of fused-ring (bicyclic) bond motifs is 1. The SMILES string of the molecule is COC(=O)C1COc2cc([N+](=O)[O-])ccc2O1. The molecule has 0 saturated carbocycles. The van der Waals surface area contributed by atoms with Crippen molar-refractivity contribution in [1.82, 2.24) is 0 Å². The molecule has 17 heavy (non-hydrogen) atoms. The molecule has 0 N–H and O–H groups in total. The molecule has 0 aliphatic carbocycles. The van der Waals surface area contributed by atoms with Gasteiger partial charge in [0, 0.05) is 6.07 Å². The van der Waals surface area contributed by atoms with Crippen molar-refractivity contribution < 1.29 is 23.9 Å². The van der Waals surface area contributed by atoms with Crippen LogP contribution in [0.5, 0.6) is 11.5 Å². The number of benzene rings is 1.